The number of halogens is 1. The van der Waals surface area contributed by atoms with Crippen molar-refractivity contribution >= 4 is 23.2 Å². The summed E-state index contributed by atoms with van der Waals surface area (Å²) in [5.41, 5.74) is 0.880. The minimum absolute atomic E-state index is 0.102. The van der Waals surface area contributed by atoms with E-state index in [-0.39, 0.29) is 18.4 Å². The average Bonchev–Trinajstić information content (AvgIpc) is 2.34. The number of hydrogen-bond acceptors (Lipinski definition) is 3. The maximum absolute atomic E-state index is 11.9. The van der Waals surface area contributed by atoms with E-state index >= 15 is 0 Å². The number of rotatable bonds is 2. The maximum atomic E-state index is 11.9. The van der Waals surface area contributed by atoms with Crippen molar-refractivity contribution in [2.24, 2.45) is 0 Å². The van der Waals surface area contributed by atoms with Gasteiger partial charge < -0.3 is 10.2 Å². The van der Waals surface area contributed by atoms with Crippen LogP contribution in [0.3, 0.4) is 0 Å². The van der Waals surface area contributed by atoms with Gasteiger partial charge in [-0.3, -0.25) is 4.79 Å². The number of nitriles is 1. The number of carbonyl (C=O) groups excluding carboxylic acids is 1. The number of hydrogen-bond donors (Lipinski definition) is 1. The van der Waals surface area contributed by atoms with Gasteiger partial charge in [-0.15, -0.1) is 0 Å². The lowest BCUT2D eigenvalue weighted by atomic mass is 10.0. The summed E-state index contributed by atoms with van der Waals surface area (Å²) >= 11 is 5.98. The van der Waals surface area contributed by atoms with Crippen LogP contribution in [0.25, 0.3) is 0 Å². The van der Waals surface area contributed by atoms with Gasteiger partial charge >= 0.3 is 0 Å². The zero-order valence-electron chi connectivity index (χ0n) is 10.1. The van der Waals surface area contributed by atoms with Crippen LogP contribution in [0.1, 0.15) is 13.3 Å². The van der Waals surface area contributed by atoms with Crippen LogP contribution in [-0.2, 0) is 4.79 Å². The van der Waals surface area contributed by atoms with E-state index in [1.54, 1.807) is 6.07 Å². The first-order valence-electron chi connectivity index (χ1n) is 5.82. The second kappa shape index (κ2) is 5.28. The largest absolute Gasteiger partial charge is 0.354 e. The fourth-order valence-corrected chi connectivity index (χ4v) is 2.43. The molecule has 0 saturated carbocycles. The van der Waals surface area contributed by atoms with Gasteiger partial charge in [0.1, 0.15) is 6.04 Å². The van der Waals surface area contributed by atoms with Gasteiger partial charge in [-0.2, -0.15) is 5.26 Å². The number of benzene rings is 1. The molecular formula is C13H14ClN3O. The lowest BCUT2D eigenvalue weighted by Crippen LogP contribution is -2.59. The van der Waals surface area contributed by atoms with Crippen molar-refractivity contribution < 1.29 is 4.79 Å². The Balaban J connectivity index is 2.36. The molecule has 1 fully saturated rings. The Hall–Kier alpha value is -1.73. The molecule has 2 rings (SSSR count). The molecule has 2 atom stereocenters. The molecule has 4 nitrogen and oxygen atoms in total. The van der Waals surface area contributed by atoms with Crippen molar-refractivity contribution in [3.05, 3.63) is 29.3 Å². The van der Waals surface area contributed by atoms with Crippen LogP contribution in [0, 0.1) is 11.3 Å². The van der Waals surface area contributed by atoms with Gasteiger partial charge in [0.2, 0.25) is 5.91 Å². The summed E-state index contributed by atoms with van der Waals surface area (Å²) in [7, 11) is 0. The normalized spacial score (nSPS) is 23.4. The Morgan fingerprint density at radius 3 is 3.06 bits per heavy atom. The molecule has 1 saturated heterocycles. The Kier molecular flexibility index (Phi) is 3.73. The number of amides is 1. The predicted molar refractivity (Wildman–Crippen MR) is 70.4 cm³/mol. The summed E-state index contributed by atoms with van der Waals surface area (Å²) in [6, 6.07) is 9.13. The highest BCUT2D eigenvalue weighted by Gasteiger charge is 2.34. The molecule has 1 N–H and O–H groups in total. The Morgan fingerprint density at radius 1 is 1.61 bits per heavy atom. The summed E-state index contributed by atoms with van der Waals surface area (Å²) < 4.78 is 0. The topological polar surface area (TPSA) is 56.1 Å². The van der Waals surface area contributed by atoms with Gasteiger partial charge in [0.25, 0.3) is 0 Å². The molecule has 2 unspecified atom stereocenters. The van der Waals surface area contributed by atoms with E-state index < -0.39 is 6.04 Å². The van der Waals surface area contributed by atoms with E-state index in [2.05, 4.69) is 11.4 Å². The van der Waals surface area contributed by atoms with E-state index in [0.717, 1.165) is 5.69 Å². The maximum Gasteiger partial charge on any atom is 0.243 e. The van der Waals surface area contributed by atoms with Crippen molar-refractivity contribution in [1.29, 1.82) is 5.26 Å². The molecule has 0 bridgehead atoms. The highest BCUT2D eigenvalue weighted by molar-refractivity contribution is 6.30. The lowest BCUT2D eigenvalue weighted by Gasteiger charge is -2.41. The number of nitrogens with one attached hydrogen (secondary N) is 1. The van der Waals surface area contributed by atoms with Crippen LogP contribution in [0.4, 0.5) is 5.69 Å². The highest BCUT2D eigenvalue weighted by atomic mass is 35.5. The molecule has 1 heterocycles. The van der Waals surface area contributed by atoms with Gasteiger partial charge in [-0.05, 0) is 25.1 Å². The summed E-state index contributed by atoms with van der Waals surface area (Å²) in [6.07, 6.45) is 0.169. The van der Waals surface area contributed by atoms with Crippen molar-refractivity contribution in [2.75, 3.05) is 11.4 Å². The minimum Gasteiger partial charge on any atom is -0.354 e. The molecule has 1 aliphatic rings. The minimum atomic E-state index is -0.447. The van der Waals surface area contributed by atoms with Gasteiger partial charge in [-0.1, -0.05) is 17.7 Å². The average molecular weight is 264 g/mol. The van der Waals surface area contributed by atoms with Crippen molar-refractivity contribution in [2.45, 2.75) is 25.4 Å². The third-order valence-electron chi connectivity index (χ3n) is 3.08. The molecule has 94 valence electrons. The SMILES string of the molecule is CC1CNC(=O)C(CC#N)N1c1cccc(Cl)c1. The molecule has 1 aliphatic heterocycles. The quantitative estimate of drug-likeness (QED) is 0.887. The number of anilines is 1. The third kappa shape index (κ3) is 2.41. The van der Waals surface area contributed by atoms with Crippen LogP contribution < -0.4 is 10.2 Å². The van der Waals surface area contributed by atoms with E-state index in [1.807, 2.05) is 30.0 Å². The van der Waals surface area contributed by atoms with E-state index in [9.17, 15) is 4.79 Å². The molecule has 1 aromatic carbocycles. The molecule has 0 aliphatic carbocycles. The fourth-order valence-electron chi connectivity index (χ4n) is 2.25. The monoisotopic (exact) mass is 263 g/mol. The predicted octanol–water partition coefficient (Wildman–Crippen LogP) is 1.95. The van der Waals surface area contributed by atoms with Crippen molar-refractivity contribution in [3.8, 4) is 6.07 Å². The van der Waals surface area contributed by atoms with Crippen LogP contribution in [-0.4, -0.2) is 24.5 Å². The Labute approximate surface area is 111 Å². The van der Waals surface area contributed by atoms with Crippen LogP contribution in [0.5, 0.6) is 0 Å². The third-order valence-corrected chi connectivity index (χ3v) is 3.31. The molecule has 18 heavy (non-hydrogen) atoms. The highest BCUT2D eigenvalue weighted by Crippen LogP contribution is 2.26. The number of piperazine rings is 1. The van der Waals surface area contributed by atoms with Crippen molar-refractivity contribution in [3.63, 3.8) is 0 Å². The molecule has 0 spiro atoms. The standard InChI is InChI=1S/C13H14ClN3O/c1-9-8-16-13(18)12(5-6-15)17(9)11-4-2-3-10(14)7-11/h2-4,7,9,12H,5,8H2,1H3,(H,16,18). The van der Waals surface area contributed by atoms with E-state index in [1.165, 1.54) is 0 Å². The molecule has 0 aromatic heterocycles. The zero-order valence-corrected chi connectivity index (χ0v) is 10.8. The molecule has 1 aromatic rings. The smallest absolute Gasteiger partial charge is 0.243 e. The number of carbonyl (C=O) groups is 1. The second-order valence-electron chi connectivity index (χ2n) is 4.36. The molecule has 5 heteroatoms. The molecule has 1 amide bonds. The van der Waals surface area contributed by atoms with E-state index in [4.69, 9.17) is 16.9 Å². The lowest BCUT2D eigenvalue weighted by molar-refractivity contribution is -0.123. The van der Waals surface area contributed by atoms with E-state index in [0.29, 0.717) is 11.6 Å². The summed E-state index contributed by atoms with van der Waals surface area (Å²) in [6.45, 7) is 2.60. The van der Waals surface area contributed by atoms with Gasteiger partial charge in [0.05, 0.1) is 12.5 Å². The Bertz CT molecular complexity index is 497. The summed E-state index contributed by atoms with van der Waals surface area (Å²) in [4.78, 5) is 13.8. The second-order valence-corrected chi connectivity index (χ2v) is 4.80. The molecular weight excluding hydrogens is 250 g/mol. The fraction of sp³-hybridized carbons (Fsp3) is 0.385. The molecule has 0 radical (unpaired) electrons. The van der Waals surface area contributed by atoms with Crippen LogP contribution >= 0.6 is 11.6 Å². The van der Waals surface area contributed by atoms with Gasteiger partial charge in [0, 0.05) is 23.3 Å². The van der Waals surface area contributed by atoms with Gasteiger partial charge in [-0.25, -0.2) is 0 Å². The van der Waals surface area contributed by atoms with Crippen LogP contribution in [0.2, 0.25) is 5.02 Å². The Morgan fingerprint density at radius 2 is 2.39 bits per heavy atom. The van der Waals surface area contributed by atoms with Crippen molar-refractivity contribution in [1.82, 2.24) is 5.32 Å². The summed E-state index contributed by atoms with van der Waals surface area (Å²) in [5.74, 6) is -0.102. The number of nitrogens with zero attached hydrogens (tertiary/aromatic N) is 2. The first-order valence-corrected chi connectivity index (χ1v) is 6.20. The first-order chi connectivity index (χ1) is 8.63. The zero-order chi connectivity index (χ0) is 13.1. The first kappa shape index (κ1) is 12.7. The van der Waals surface area contributed by atoms with Crippen LogP contribution in [0.15, 0.2) is 24.3 Å². The summed E-state index contributed by atoms with van der Waals surface area (Å²) in [5, 5.41) is 12.3. The van der Waals surface area contributed by atoms with Gasteiger partial charge in [0.15, 0.2) is 0 Å².